The number of rotatable bonds is 6. The van der Waals surface area contributed by atoms with Crippen LogP contribution in [0.4, 0.5) is 5.69 Å². The predicted molar refractivity (Wildman–Crippen MR) is 97.9 cm³/mol. The van der Waals surface area contributed by atoms with Crippen LogP contribution >= 0.6 is 11.3 Å². The van der Waals surface area contributed by atoms with Crippen molar-refractivity contribution in [2.45, 2.75) is 26.9 Å². The molecule has 1 aromatic carbocycles. The van der Waals surface area contributed by atoms with Crippen LogP contribution in [-0.2, 0) is 14.8 Å². The van der Waals surface area contributed by atoms with Gasteiger partial charge in [0.05, 0.1) is 11.8 Å². The fraction of sp³-hybridized carbons (Fsp3) is 0.294. The van der Waals surface area contributed by atoms with Gasteiger partial charge in [0, 0.05) is 21.0 Å². The normalized spacial score (nSPS) is 12.5. The maximum atomic E-state index is 12.4. The van der Waals surface area contributed by atoms with Crippen molar-refractivity contribution in [1.29, 1.82) is 0 Å². The fourth-order valence-corrected chi connectivity index (χ4v) is 3.74. The highest BCUT2D eigenvalue weighted by molar-refractivity contribution is 7.92. The lowest BCUT2D eigenvalue weighted by atomic mass is 10.1. The molecule has 0 spiro atoms. The SMILES string of the molecule is Cc1cc(C(=O)O[C@H](C)C(=O)c2ccc(NS(C)(=O)=O)cc2)c(C)s1. The Bertz CT molecular complexity index is 898. The van der Waals surface area contributed by atoms with Gasteiger partial charge in [0.15, 0.2) is 6.10 Å². The van der Waals surface area contributed by atoms with Crippen LogP contribution in [0.3, 0.4) is 0 Å². The summed E-state index contributed by atoms with van der Waals surface area (Å²) < 4.78 is 29.9. The summed E-state index contributed by atoms with van der Waals surface area (Å²) in [7, 11) is -3.38. The molecule has 8 heteroatoms. The lowest BCUT2D eigenvalue weighted by Crippen LogP contribution is -2.24. The van der Waals surface area contributed by atoms with Gasteiger partial charge < -0.3 is 4.74 Å². The van der Waals surface area contributed by atoms with Gasteiger partial charge in [-0.3, -0.25) is 9.52 Å². The molecule has 0 aliphatic heterocycles. The standard InChI is InChI=1S/C17H19NO5S2/c1-10-9-15(12(3)24-10)17(20)23-11(2)16(19)13-5-7-14(8-6-13)18-25(4,21)22/h5-9,11,18H,1-4H3/t11-/m1/s1. The number of ether oxygens (including phenoxy) is 1. The topological polar surface area (TPSA) is 89.5 Å². The van der Waals surface area contributed by atoms with E-state index in [0.717, 1.165) is 16.0 Å². The van der Waals surface area contributed by atoms with E-state index in [2.05, 4.69) is 4.72 Å². The Morgan fingerprint density at radius 1 is 1.16 bits per heavy atom. The number of aryl methyl sites for hydroxylation is 2. The van der Waals surface area contributed by atoms with Crippen molar-refractivity contribution in [3.8, 4) is 0 Å². The number of nitrogens with one attached hydrogen (secondary N) is 1. The summed E-state index contributed by atoms with van der Waals surface area (Å²) in [6, 6.07) is 7.68. The molecule has 25 heavy (non-hydrogen) atoms. The number of thiophene rings is 1. The van der Waals surface area contributed by atoms with Crippen LogP contribution in [0.5, 0.6) is 0 Å². The smallest absolute Gasteiger partial charge is 0.339 e. The molecule has 2 aromatic rings. The van der Waals surface area contributed by atoms with Crippen LogP contribution in [0.15, 0.2) is 30.3 Å². The molecule has 134 valence electrons. The largest absolute Gasteiger partial charge is 0.451 e. The molecule has 0 radical (unpaired) electrons. The first-order valence-corrected chi connectivity index (χ1v) is 10.2. The Labute approximate surface area is 150 Å². The number of Topliss-reactive ketones (excluding diaryl/α,β-unsaturated/α-hetero) is 1. The average Bonchev–Trinajstić information content (AvgIpc) is 2.84. The van der Waals surface area contributed by atoms with Crippen molar-refractivity contribution in [1.82, 2.24) is 0 Å². The van der Waals surface area contributed by atoms with E-state index in [1.54, 1.807) is 6.07 Å². The molecule has 0 bridgehead atoms. The van der Waals surface area contributed by atoms with Crippen molar-refractivity contribution >= 4 is 38.8 Å². The number of esters is 1. The van der Waals surface area contributed by atoms with Crippen LogP contribution in [-0.4, -0.2) is 32.5 Å². The van der Waals surface area contributed by atoms with E-state index in [9.17, 15) is 18.0 Å². The molecule has 0 unspecified atom stereocenters. The Morgan fingerprint density at radius 3 is 2.24 bits per heavy atom. The average molecular weight is 381 g/mol. The first-order chi connectivity index (χ1) is 11.6. The van der Waals surface area contributed by atoms with E-state index in [0.29, 0.717) is 16.8 Å². The Morgan fingerprint density at radius 2 is 1.76 bits per heavy atom. The van der Waals surface area contributed by atoms with E-state index in [1.807, 2.05) is 13.8 Å². The highest BCUT2D eigenvalue weighted by Gasteiger charge is 2.22. The van der Waals surface area contributed by atoms with Crippen LogP contribution in [0, 0.1) is 13.8 Å². The second kappa shape index (κ2) is 7.37. The second-order valence-electron chi connectivity index (χ2n) is 5.69. The van der Waals surface area contributed by atoms with Crippen molar-refractivity contribution in [3.63, 3.8) is 0 Å². The van der Waals surface area contributed by atoms with Gasteiger partial charge in [-0.05, 0) is 51.1 Å². The number of carbonyl (C=O) groups excluding carboxylic acids is 2. The van der Waals surface area contributed by atoms with Crippen molar-refractivity contribution < 1.29 is 22.7 Å². The number of hydrogen-bond donors (Lipinski definition) is 1. The zero-order valence-corrected chi connectivity index (χ0v) is 16.0. The van der Waals surface area contributed by atoms with Gasteiger partial charge in [-0.2, -0.15) is 0 Å². The number of ketones is 1. The Balaban J connectivity index is 2.06. The molecule has 1 atom stereocenters. The van der Waals surface area contributed by atoms with Gasteiger partial charge in [0.2, 0.25) is 15.8 Å². The fourth-order valence-electron chi connectivity index (χ4n) is 2.26. The van der Waals surface area contributed by atoms with E-state index in [-0.39, 0.29) is 5.78 Å². The van der Waals surface area contributed by atoms with Crippen molar-refractivity contribution in [2.75, 3.05) is 11.0 Å². The molecule has 0 saturated carbocycles. The molecule has 0 saturated heterocycles. The van der Waals surface area contributed by atoms with Crippen LogP contribution in [0.2, 0.25) is 0 Å². The maximum Gasteiger partial charge on any atom is 0.339 e. The van der Waals surface area contributed by atoms with Crippen molar-refractivity contribution in [2.24, 2.45) is 0 Å². The number of benzene rings is 1. The van der Waals surface area contributed by atoms with Crippen LogP contribution in [0.25, 0.3) is 0 Å². The molecule has 1 heterocycles. The third-order valence-corrected chi connectivity index (χ3v) is 4.96. The molecular weight excluding hydrogens is 362 g/mol. The summed E-state index contributed by atoms with van der Waals surface area (Å²) in [4.78, 5) is 26.4. The molecule has 0 amide bonds. The summed E-state index contributed by atoms with van der Waals surface area (Å²) in [5, 5.41) is 0. The quantitative estimate of drug-likeness (QED) is 0.613. The molecule has 1 N–H and O–H groups in total. The lowest BCUT2D eigenvalue weighted by molar-refractivity contribution is 0.0318. The monoisotopic (exact) mass is 381 g/mol. The van der Waals surface area contributed by atoms with Gasteiger partial charge in [0.25, 0.3) is 0 Å². The molecule has 6 nitrogen and oxygen atoms in total. The van der Waals surface area contributed by atoms with E-state index in [1.165, 1.54) is 42.5 Å². The van der Waals surface area contributed by atoms with E-state index < -0.39 is 22.1 Å². The minimum Gasteiger partial charge on any atom is -0.451 e. The van der Waals surface area contributed by atoms with Gasteiger partial charge in [-0.25, -0.2) is 13.2 Å². The van der Waals surface area contributed by atoms with Crippen LogP contribution < -0.4 is 4.72 Å². The van der Waals surface area contributed by atoms with Gasteiger partial charge in [-0.1, -0.05) is 0 Å². The van der Waals surface area contributed by atoms with Gasteiger partial charge in [0.1, 0.15) is 0 Å². The molecule has 0 fully saturated rings. The lowest BCUT2D eigenvalue weighted by Gasteiger charge is -2.12. The minimum atomic E-state index is -3.38. The summed E-state index contributed by atoms with van der Waals surface area (Å²) >= 11 is 1.49. The maximum absolute atomic E-state index is 12.4. The highest BCUT2D eigenvalue weighted by atomic mass is 32.2. The van der Waals surface area contributed by atoms with Crippen LogP contribution in [0.1, 0.15) is 37.4 Å². The molecule has 0 aliphatic carbocycles. The molecule has 0 aliphatic rings. The van der Waals surface area contributed by atoms with Gasteiger partial charge >= 0.3 is 5.97 Å². The summed E-state index contributed by atoms with van der Waals surface area (Å²) in [5.41, 5.74) is 1.15. The zero-order valence-electron chi connectivity index (χ0n) is 14.3. The molecular formula is C17H19NO5S2. The molecule has 2 rings (SSSR count). The number of hydrogen-bond acceptors (Lipinski definition) is 6. The number of sulfonamides is 1. The molecule has 1 aromatic heterocycles. The number of anilines is 1. The number of carbonyl (C=O) groups is 2. The summed E-state index contributed by atoms with van der Waals surface area (Å²) in [6.07, 6.45) is 0.0997. The van der Waals surface area contributed by atoms with Crippen molar-refractivity contribution in [3.05, 3.63) is 51.2 Å². The third kappa shape index (κ3) is 5.14. The summed E-state index contributed by atoms with van der Waals surface area (Å²) in [5.74, 6) is -0.887. The van der Waals surface area contributed by atoms with Gasteiger partial charge in [-0.15, -0.1) is 11.3 Å². The zero-order chi connectivity index (χ0) is 18.8. The van der Waals surface area contributed by atoms with E-state index >= 15 is 0 Å². The Hall–Kier alpha value is -2.19. The third-order valence-electron chi connectivity index (χ3n) is 3.39. The summed E-state index contributed by atoms with van der Waals surface area (Å²) in [6.45, 7) is 5.24. The first-order valence-electron chi connectivity index (χ1n) is 7.47. The van der Waals surface area contributed by atoms with E-state index in [4.69, 9.17) is 4.74 Å². The second-order valence-corrected chi connectivity index (χ2v) is 8.90. The highest BCUT2D eigenvalue weighted by Crippen LogP contribution is 2.22. The first kappa shape index (κ1) is 19.1. The predicted octanol–water partition coefficient (Wildman–Crippen LogP) is 3.16. The minimum absolute atomic E-state index is 0.331. The Kier molecular flexibility index (Phi) is 5.64.